The average Bonchev–Trinajstić information content (AvgIpc) is 2.26. The number of halogens is 1. The Morgan fingerprint density at radius 2 is 1.94 bits per heavy atom. The van der Waals surface area contributed by atoms with Crippen LogP contribution in [0.15, 0.2) is 28.7 Å². The normalized spacial score (nSPS) is 10.1. The number of hydrogen-bond donors (Lipinski definition) is 0. The lowest BCUT2D eigenvalue weighted by Gasteiger charge is -2.02. The van der Waals surface area contributed by atoms with Gasteiger partial charge in [0.15, 0.2) is 5.78 Å². The monoisotopic (exact) mass is 282 g/mol. The van der Waals surface area contributed by atoms with Gasteiger partial charge in [-0.3, -0.25) is 9.59 Å². The number of hydrogen-bond acceptors (Lipinski definition) is 2. The molecule has 0 saturated carbocycles. The topological polar surface area (TPSA) is 34.1 Å². The van der Waals surface area contributed by atoms with E-state index in [9.17, 15) is 9.59 Å². The van der Waals surface area contributed by atoms with E-state index in [4.69, 9.17) is 0 Å². The van der Waals surface area contributed by atoms with Crippen molar-refractivity contribution in [3.63, 3.8) is 0 Å². The lowest BCUT2D eigenvalue weighted by atomic mass is 10.0. The van der Waals surface area contributed by atoms with Crippen LogP contribution in [0.4, 0.5) is 0 Å². The van der Waals surface area contributed by atoms with E-state index in [0.717, 1.165) is 17.3 Å². The van der Waals surface area contributed by atoms with Crippen LogP contribution in [0.1, 0.15) is 43.0 Å². The molecule has 0 unspecified atom stereocenters. The maximum absolute atomic E-state index is 11.8. The van der Waals surface area contributed by atoms with E-state index in [1.807, 2.05) is 19.1 Å². The second-order valence-corrected chi connectivity index (χ2v) is 4.58. The highest BCUT2D eigenvalue weighted by Gasteiger charge is 2.13. The summed E-state index contributed by atoms with van der Waals surface area (Å²) >= 11 is 3.31. The quantitative estimate of drug-likeness (QED) is 0.588. The van der Waals surface area contributed by atoms with Crippen molar-refractivity contribution in [2.45, 2.75) is 32.6 Å². The number of rotatable bonds is 6. The molecule has 0 fully saturated rings. The van der Waals surface area contributed by atoms with Crippen LogP contribution < -0.4 is 0 Å². The third-order valence-electron chi connectivity index (χ3n) is 2.34. The van der Waals surface area contributed by atoms with Crippen molar-refractivity contribution in [3.8, 4) is 0 Å². The summed E-state index contributed by atoms with van der Waals surface area (Å²) in [6.07, 6.45) is 2.37. The molecule has 0 aromatic heterocycles. The molecule has 0 radical (unpaired) electrons. The first-order valence-corrected chi connectivity index (χ1v) is 6.24. The molecule has 2 nitrogen and oxygen atoms in total. The lowest BCUT2D eigenvalue weighted by Crippen LogP contribution is -2.08. The lowest BCUT2D eigenvalue weighted by molar-refractivity contribution is -0.118. The molecule has 0 aliphatic rings. The van der Waals surface area contributed by atoms with E-state index in [2.05, 4.69) is 15.9 Å². The van der Waals surface area contributed by atoms with Crippen LogP contribution >= 0.6 is 15.9 Å². The molecule has 0 saturated heterocycles. The zero-order valence-electron chi connectivity index (χ0n) is 9.33. The van der Waals surface area contributed by atoms with E-state index in [0.29, 0.717) is 12.0 Å². The molecule has 3 heteroatoms. The van der Waals surface area contributed by atoms with Crippen LogP contribution in [0, 0.1) is 0 Å². The molecule has 0 heterocycles. The molecule has 0 amide bonds. The number of Topliss-reactive ketones (excluding diaryl/α,β-unsaturated/α-hetero) is 2. The van der Waals surface area contributed by atoms with Gasteiger partial charge < -0.3 is 0 Å². The number of unbranched alkanes of at least 4 members (excludes halogenated alkanes) is 1. The molecule has 1 aromatic carbocycles. The maximum atomic E-state index is 11.8. The smallest absolute Gasteiger partial charge is 0.171 e. The fourth-order valence-electron chi connectivity index (χ4n) is 1.42. The number of ketones is 2. The first-order valence-electron chi connectivity index (χ1n) is 5.44. The summed E-state index contributed by atoms with van der Waals surface area (Å²) in [5, 5.41) is 0. The van der Waals surface area contributed by atoms with Gasteiger partial charge in [-0.15, -0.1) is 0 Å². The van der Waals surface area contributed by atoms with Gasteiger partial charge in [0, 0.05) is 16.5 Å². The molecular weight excluding hydrogens is 268 g/mol. The minimum absolute atomic E-state index is 0.0165. The molecule has 0 bridgehead atoms. The van der Waals surface area contributed by atoms with Crippen molar-refractivity contribution in [2.24, 2.45) is 0 Å². The van der Waals surface area contributed by atoms with Crippen molar-refractivity contribution in [3.05, 3.63) is 34.3 Å². The highest BCUT2D eigenvalue weighted by molar-refractivity contribution is 9.10. The van der Waals surface area contributed by atoms with Crippen LogP contribution in [0.5, 0.6) is 0 Å². The Morgan fingerprint density at radius 1 is 1.25 bits per heavy atom. The molecule has 0 spiro atoms. The molecule has 0 atom stereocenters. The molecular formula is C13H15BrO2. The van der Waals surface area contributed by atoms with Crippen LogP contribution in [0.2, 0.25) is 0 Å². The maximum Gasteiger partial charge on any atom is 0.171 e. The van der Waals surface area contributed by atoms with E-state index in [1.165, 1.54) is 0 Å². The summed E-state index contributed by atoms with van der Waals surface area (Å²) in [7, 11) is 0. The standard InChI is InChI=1S/C13H15BrO2/c1-2-3-6-10(15)9-13(16)11-7-4-5-8-12(11)14/h4-5,7-8H,2-3,6,9H2,1H3. The predicted octanol–water partition coefficient (Wildman–Crippen LogP) is 3.78. The molecule has 1 rings (SSSR count). The first kappa shape index (κ1) is 13.1. The summed E-state index contributed by atoms with van der Waals surface area (Å²) in [5.41, 5.74) is 0.590. The Morgan fingerprint density at radius 3 is 2.56 bits per heavy atom. The molecule has 86 valence electrons. The highest BCUT2D eigenvalue weighted by Crippen LogP contribution is 2.18. The van der Waals surface area contributed by atoms with Crippen LogP contribution in [-0.2, 0) is 4.79 Å². The van der Waals surface area contributed by atoms with E-state index in [-0.39, 0.29) is 18.0 Å². The van der Waals surface area contributed by atoms with Gasteiger partial charge in [0.05, 0.1) is 6.42 Å². The van der Waals surface area contributed by atoms with Crippen molar-refractivity contribution in [1.29, 1.82) is 0 Å². The summed E-state index contributed by atoms with van der Waals surface area (Å²) < 4.78 is 0.753. The van der Waals surface area contributed by atoms with Gasteiger partial charge in [-0.05, 0) is 12.5 Å². The van der Waals surface area contributed by atoms with E-state index >= 15 is 0 Å². The summed E-state index contributed by atoms with van der Waals surface area (Å²) in [5.74, 6) is -0.0730. The minimum Gasteiger partial charge on any atom is -0.299 e. The van der Waals surface area contributed by atoms with Crippen molar-refractivity contribution in [2.75, 3.05) is 0 Å². The molecule has 1 aromatic rings. The molecule has 0 N–H and O–H groups in total. The van der Waals surface area contributed by atoms with Crippen molar-refractivity contribution < 1.29 is 9.59 Å². The van der Waals surface area contributed by atoms with Gasteiger partial charge in [0.2, 0.25) is 0 Å². The Labute approximate surface area is 104 Å². The number of benzene rings is 1. The van der Waals surface area contributed by atoms with Crippen LogP contribution in [0.3, 0.4) is 0 Å². The van der Waals surface area contributed by atoms with Gasteiger partial charge in [-0.2, -0.15) is 0 Å². The van der Waals surface area contributed by atoms with Gasteiger partial charge in [0.1, 0.15) is 5.78 Å². The Balaban J connectivity index is 2.59. The number of carbonyl (C=O) groups excluding carboxylic acids is 2. The second kappa shape index (κ2) is 6.59. The van der Waals surface area contributed by atoms with Crippen LogP contribution in [0.25, 0.3) is 0 Å². The summed E-state index contributed by atoms with van der Waals surface area (Å²) in [6, 6.07) is 7.19. The van der Waals surface area contributed by atoms with Gasteiger partial charge in [-0.1, -0.05) is 47.5 Å². The predicted molar refractivity (Wildman–Crippen MR) is 67.6 cm³/mol. The van der Waals surface area contributed by atoms with Crippen LogP contribution in [-0.4, -0.2) is 11.6 Å². The van der Waals surface area contributed by atoms with Crippen molar-refractivity contribution in [1.82, 2.24) is 0 Å². The summed E-state index contributed by atoms with van der Waals surface area (Å²) in [6.45, 7) is 2.03. The van der Waals surface area contributed by atoms with Crippen molar-refractivity contribution >= 4 is 27.5 Å². The first-order chi connectivity index (χ1) is 7.65. The Hall–Kier alpha value is -0.960. The molecule has 0 aliphatic carbocycles. The SMILES string of the molecule is CCCCC(=O)CC(=O)c1ccccc1Br. The third kappa shape index (κ3) is 3.89. The van der Waals surface area contributed by atoms with Gasteiger partial charge in [-0.25, -0.2) is 0 Å². The van der Waals surface area contributed by atoms with E-state index < -0.39 is 0 Å². The van der Waals surface area contributed by atoms with Gasteiger partial charge >= 0.3 is 0 Å². The third-order valence-corrected chi connectivity index (χ3v) is 3.03. The number of carbonyl (C=O) groups is 2. The van der Waals surface area contributed by atoms with Gasteiger partial charge in [0.25, 0.3) is 0 Å². The largest absolute Gasteiger partial charge is 0.299 e. The Bertz CT molecular complexity index is 385. The molecule has 16 heavy (non-hydrogen) atoms. The highest BCUT2D eigenvalue weighted by atomic mass is 79.9. The minimum atomic E-state index is -0.103. The molecule has 0 aliphatic heterocycles. The summed E-state index contributed by atoms with van der Waals surface area (Å²) in [4.78, 5) is 23.2. The fourth-order valence-corrected chi connectivity index (χ4v) is 1.93. The van der Waals surface area contributed by atoms with E-state index in [1.54, 1.807) is 12.1 Å². The fraction of sp³-hybridized carbons (Fsp3) is 0.385. The average molecular weight is 283 g/mol. The zero-order chi connectivity index (χ0) is 12.0. The Kier molecular flexibility index (Phi) is 5.39. The zero-order valence-corrected chi connectivity index (χ0v) is 10.9. The second-order valence-electron chi connectivity index (χ2n) is 3.72.